The predicted octanol–water partition coefficient (Wildman–Crippen LogP) is 3.96. The number of anilines is 1. The van der Waals surface area contributed by atoms with Crippen molar-refractivity contribution in [2.45, 2.75) is 31.6 Å². The maximum Gasteiger partial charge on any atom is 0.248 e. The highest BCUT2D eigenvalue weighted by Crippen LogP contribution is 2.29. The summed E-state index contributed by atoms with van der Waals surface area (Å²) in [6.07, 6.45) is 4.30. The second-order valence-electron chi connectivity index (χ2n) is 7.64. The van der Waals surface area contributed by atoms with Crippen LogP contribution in [0.2, 0.25) is 0 Å². The molecule has 0 radical (unpaired) electrons. The number of nitrogens with zero attached hydrogens (tertiary/aromatic N) is 3. The van der Waals surface area contributed by atoms with Crippen LogP contribution in [0.4, 0.5) is 5.82 Å². The molecule has 0 aromatic carbocycles. The van der Waals surface area contributed by atoms with E-state index in [0.717, 1.165) is 10.6 Å². The van der Waals surface area contributed by atoms with Crippen LogP contribution in [-0.4, -0.2) is 41.9 Å². The molecule has 168 valence electrons. The van der Waals surface area contributed by atoms with E-state index in [1.807, 2.05) is 36.6 Å². The first-order chi connectivity index (χ1) is 15.3. The molecular formula is C22H24N4O4S2. The molecule has 0 saturated carbocycles. The monoisotopic (exact) mass is 472 g/mol. The topological polar surface area (TPSA) is 105 Å². The normalized spacial score (nSPS) is 15.9. The van der Waals surface area contributed by atoms with E-state index in [0.29, 0.717) is 24.4 Å². The van der Waals surface area contributed by atoms with Gasteiger partial charge in [0.25, 0.3) is 0 Å². The SMILES string of the molecule is Cc1cccc(NC(=O)C2CCN(S(=O)(=O)c3c(C)noc3/C=C/c3cccs3)CC2)n1. The lowest BCUT2D eigenvalue weighted by atomic mass is 9.97. The average Bonchev–Trinajstić information content (AvgIpc) is 3.42. The zero-order valence-electron chi connectivity index (χ0n) is 17.8. The quantitative estimate of drug-likeness (QED) is 0.582. The van der Waals surface area contributed by atoms with Crippen LogP contribution >= 0.6 is 11.3 Å². The Bertz CT molecular complexity index is 1220. The van der Waals surface area contributed by atoms with E-state index in [9.17, 15) is 13.2 Å². The van der Waals surface area contributed by atoms with Gasteiger partial charge >= 0.3 is 0 Å². The highest BCUT2D eigenvalue weighted by atomic mass is 32.2. The number of hydrogen-bond acceptors (Lipinski definition) is 7. The number of carbonyl (C=O) groups excluding carboxylic acids is 1. The Morgan fingerprint density at radius 1 is 1.19 bits per heavy atom. The third-order valence-corrected chi connectivity index (χ3v) is 8.23. The molecule has 4 rings (SSSR count). The first-order valence-corrected chi connectivity index (χ1v) is 12.6. The van der Waals surface area contributed by atoms with Crippen LogP contribution in [0, 0.1) is 19.8 Å². The van der Waals surface area contributed by atoms with Gasteiger partial charge in [-0.25, -0.2) is 13.4 Å². The van der Waals surface area contributed by atoms with Crippen molar-refractivity contribution >= 4 is 45.2 Å². The van der Waals surface area contributed by atoms with Gasteiger partial charge in [-0.05, 0) is 62.4 Å². The van der Waals surface area contributed by atoms with Crippen LogP contribution in [0.1, 0.15) is 34.9 Å². The summed E-state index contributed by atoms with van der Waals surface area (Å²) in [6, 6.07) is 9.28. The van der Waals surface area contributed by atoms with Gasteiger partial charge in [0, 0.05) is 29.6 Å². The van der Waals surface area contributed by atoms with Crippen molar-refractivity contribution in [3.05, 3.63) is 57.7 Å². The average molecular weight is 473 g/mol. The fourth-order valence-corrected chi connectivity index (χ4v) is 6.01. The number of hydrogen-bond donors (Lipinski definition) is 1. The number of rotatable bonds is 6. The van der Waals surface area contributed by atoms with E-state index < -0.39 is 10.0 Å². The maximum atomic E-state index is 13.3. The second-order valence-corrected chi connectivity index (χ2v) is 10.5. The van der Waals surface area contributed by atoms with Crippen LogP contribution < -0.4 is 5.32 Å². The van der Waals surface area contributed by atoms with Gasteiger partial charge in [0.05, 0.1) is 0 Å². The van der Waals surface area contributed by atoms with Gasteiger partial charge in [-0.1, -0.05) is 17.3 Å². The molecule has 0 unspecified atom stereocenters. The van der Waals surface area contributed by atoms with Crippen molar-refractivity contribution in [2.75, 3.05) is 18.4 Å². The van der Waals surface area contributed by atoms with Gasteiger partial charge in [0.15, 0.2) is 10.7 Å². The molecule has 32 heavy (non-hydrogen) atoms. The van der Waals surface area contributed by atoms with Crippen molar-refractivity contribution < 1.29 is 17.7 Å². The standard InChI is InChI=1S/C22H24N4O4S2/c1-15-5-3-7-20(23-15)24-22(27)17-10-12-26(13-11-17)32(28,29)21-16(2)25-30-19(21)9-8-18-6-4-14-31-18/h3-9,14,17H,10-13H2,1-2H3,(H,23,24,27)/b9-8+. The summed E-state index contributed by atoms with van der Waals surface area (Å²) in [4.78, 5) is 18.0. The number of nitrogens with one attached hydrogen (secondary N) is 1. The van der Waals surface area contributed by atoms with Crippen LogP contribution in [0.25, 0.3) is 12.2 Å². The van der Waals surface area contributed by atoms with Crippen molar-refractivity contribution in [3.8, 4) is 0 Å². The maximum absolute atomic E-state index is 13.3. The second kappa shape index (κ2) is 9.35. The van der Waals surface area contributed by atoms with E-state index in [1.54, 1.807) is 36.5 Å². The Hall–Kier alpha value is -2.82. The van der Waals surface area contributed by atoms with Crippen LogP contribution in [0.15, 0.2) is 45.1 Å². The lowest BCUT2D eigenvalue weighted by molar-refractivity contribution is -0.120. The summed E-state index contributed by atoms with van der Waals surface area (Å²) in [5.74, 6) is 0.306. The molecule has 0 atom stereocenters. The minimum Gasteiger partial charge on any atom is -0.355 e. The first kappa shape index (κ1) is 22.4. The van der Waals surface area contributed by atoms with Gasteiger partial charge in [0.2, 0.25) is 15.9 Å². The van der Waals surface area contributed by atoms with Crippen LogP contribution in [0.5, 0.6) is 0 Å². The number of amides is 1. The third-order valence-electron chi connectivity index (χ3n) is 5.34. The molecule has 10 heteroatoms. The molecule has 1 N–H and O–H groups in total. The van der Waals surface area contributed by atoms with Crippen molar-refractivity contribution in [1.82, 2.24) is 14.4 Å². The Morgan fingerprint density at radius 2 is 1.97 bits per heavy atom. The minimum absolute atomic E-state index is 0.0807. The molecule has 0 aliphatic carbocycles. The van der Waals surface area contributed by atoms with Gasteiger partial charge in [-0.3, -0.25) is 4.79 Å². The number of aromatic nitrogens is 2. The largest absolute Gasteiger partial charge is 0.355 e. The van der Waals surface area contributed by atoms with E-state index in [-0.39, 0.29) is 35.6 Å². The summed E-state index contributed by atoms with van der Waals surface area (Å²) in [5, 5.41) is 8.65. The minimum atomic E-state index is -3.80. The van der Waals surface area contributed by atoms with Gasteiger partial charge in [-0.2, -0.15) is 4.31 Å². The summed E-state index contributed by atoms with van der Waals surface area (Å²) in [6.45, 7) is 3.98. The Balaban J connectivity index is 1.44. The predicted molar refractivity (Wildman–Crippen MR) is 124 cm³/mol. The molecule has 0 bridgehead atoms. The number of thiophene rings is 1. The number of carbonyl (C=O) groups is 1. The molecule has 1 saturated heterocycles. The highest BCUT2D eigenvalue weighted by Gasteiger charge is 2.36. The molecule has 1 aliphatic heterocycles. The summed E-state index contributed by atoms with van der Waals surface area (Å²) < 4.78 is 33.4. The molecule has 1 amide bonds. The zero-order valence-corrected chi connectivity index (χ0v) is 19.4. The van der Waals surface area contributed by atoms with Gasteiger partial charge in [0.1, 0.15) is 11.5 Å². The molecular weight excluding hydrogens is 448 g/mol. The molecule has 1 aliphatic rings. The molecule has 3 aromatic heterocycles. The molecule has 4 heterocycles. The van der Waals surface area contributed by atoms with Crippen molar-refractivity contribution in [3.63, 3.8) is 0 Å². The van der Waals surface area contributed by atoms with Crippen molar-refractivity contribution in [2.24, 2.45) is 5.92 Å². The summed E-state index contributed by atoms with van der Waals surface area (Å²) in [7, 11) is -3.80. The fraction of sp³-hybridized carbons (Fsp3) is 0.318. The smallest absolute Gasteiger partial charge is 0.248 e. The molecule has 8 nitrogen and oxygen atoms in total. The number of pyridine rings is 1. The van der Waals surface area contributed by atoms with Crippen LogP contribution in [0.3, 0.4) is 0 Å². The third kappa shape index (κ3) is 4.82. The van der Waals surface area contributed by atoms with E-state index in [2.05, 4.69) is 15.5 Å². The lowest BCUT2D eigenvalue weighted by Gasteiger charge is -2.30. The fourth-order valence-electron chi connectivity index (χ4n) is 3.67. The van der Waals surface area contributed by atoms with Crippen molar-refractivity contribution in [1.29, 1.82) is 0 Å². The molecule has 3 aromatic rings. The summed E-state index contributed by atoms with van der Waals surface area (Å²) >= 11 is 1.54. The lowest BCUT2D eigenvalue weighted by Crippen LogP contribution is -2.41. The molecule has 1 fully saturated rings. The van der Waals surface area contributed by atoms with Gasteiger partial charge in [-0.15, -0.1) is 11.3 Å². The highest BCUT2D eigenvalue weighted by molar-refractivity contribution is 7.89. The summed E-state index contributed by atoms with van der Waals surface area (Å²) in [5.41, 5.74) is 1.14. The number of aryl methyl sites for hydroxylation is 2. The first-order valence-electron chi connectivity index (χ1n) is 10.3. The molecule has 0 spiro atoms. The Kier molecular flexibility index (Phi) is 6.54. The number of piperidine rings is 1. The zero-order chi connectivity index (χ0) is 22.7. The van der Waals surface area contributed by atoms with E-state index in [4.69, 9.17) is 4.52 Å². The van der Waals surface area contributed by atoms with E-state index >= 15 is 0 Å². The Morgan fingerprint density at radius 3 is 2.66 bits per heavy atom. The van der Waals surface area contributed by atoms with Crippen LogP contribution in [-0.2, 0) is 14.8 Å². The van der Waals surface area contributed by atoms with E-state index in [1.165, 1.54) is 4.31 Å². The Labute approximate surface area is 191 Å². The number of sulfonamides is 1. The van der Waals surface area contributed by atoms with Gasteiger partial charge < -0.3 is 9.84 Å².